The largest absolute Gasteiger partial charge is 0.379 e. The zero-order valence-corrected chi connectivity index (χ0v) is 10.2. The van der Waals surface area contributed by atoms with E-state index < -0.39 is 5.79 Å². The van der Waals surface area contributed by atoms with Crippen molar-refractivity contribution in [2.45, 2.75) is 25.2 Å². The van der Waals surface area contributed by atoms with Gasteiger partial charge in [0, 0.05) is 18.2 Å². The van der Waals surface area contributed by atoms with E-state index in [4.69, 9.17) is 9.47 Å². The van der Waals surface area contributed by atoms with Gasteiger partial charge in [0.05, 0.1) is 13.2 Å². The molecule has 0 aliphatic carbocycles. The summed E-state index contributed by atoms with van der Waals surface area (Å²) in [4.78, 5) is 0. The van der Waals surface area contributed by atoms with E-state index in [1.165, 1.54) is 0 Å². The molecule has 0 aromatic heterocycles. The van der Waals surface area contributed by atoms with Crippen molar-refractivity contribution in [3.8, 4) is 0 Å². The van der Waals surface area contributed by atoms with Crippen molar-refractivity contribution in [3.63, 3.8) is 0 Å². The zero-order chi connectivity index (χ0) is 12.1. The molecule has 1 atom stereocenters. The molecule has 0 spiro atoms. The molecule has 0 radical (unpaired) electrons. The van der Waals surface area contributed by atoms with Crippen molar-refractivity contribution in [2.24, 2.45) is 0 Å². The van der Waals surface area contributed by atoms with Crippen LogP contribution in [0, 0.1) is 0 Å². The summed E-state index contributed by atoms with van der Waals surface area (Å²) in [7, 11) is 0. The Labute approximate surface area is 102 Å². The van der Waals surface area contributed by atoms with Gasteiger partial charge in [-0.2, -0.15) is 0 Å². The van der Waals surface area contributed by atoms with Crippen LogP contribution < -0.4 is 5.32 Å². The summed E-state index contributed by atoms with van der Waals surface area (Å²) < 4.78 is 11.2. The van der Waals surface area contributed by atoms with Crippen LogP contribution >= 0.6 is 0 Å². The molecule has 1 aromatic carbocycles. The maximum Gasteiger partial charge on any atom is 0.168 e. The molecule has 3 heteroatoms. The molecule has 1 N–H and O–H groups in total. The van der Waals surface area contributed by atoms with E-state index in [1.54, 1.807) is 0 Å². The summed E-state index contributed by atoms with van der Waals surface area (Å²) in [6.45, 7) is 7.18. The molecule has 1 aliphatic heterocycles. The fraction of sp³-hybridized carbons (Fsp3) is 0.429. The predicted octanol–water partition coefficient (Wildman–Crippen LogP) is 2.81. The lowest BCUT2D eigenvalue weighted by molar-refractivity contribution is -0.146. The second kappa shape index (κ2) is 5.34. The van der Waals surface area contributed by atoms with Crippen molar-refractivity contribution in [2.75, 3.05) is 18.5 Å². The number of hydrogen-bond acceptors (Lipinski definition) is 3. The van der Waals surface area contributed by atoms with Gasteiger partial charge in [-0.3, -0.25) is 0 Å². The third-order valence-corrected chi connectivity index (χ3v) is 2.90. The zero-order valence-electron chi connectivity index (χ0n) is 10.2. The molecule has 1 unspecified atom stereocenters. The average Bonchev–Trinajstić information content (AvgIpc) is 2.76. The molecular weight excluding hydrogens is 214 g/mol. The summed E-state index contributed by atoms with van der Waals surface area (Å²) in [6.07, 6.45) is 2.65. The molecule has 92 valence electrons. The van der Waals surface area contributed by atoms with E-state index in [0.29, 0.717) is 13.2 Å². The number of benzene rings is 1. The Morgan fingerprint density at radius 2 is 2.00 bits per heavy atom. The van der Waals surface area contributed by atoms with Crippen molar-refractivity contribution in [1.82, 2.24) is 0 Å². The summed E-state index contributed by atoms with van der Waals surface area (Å²) in [5, 5.41) is 3.40. The van der Waals surface area contributed by atoms with Crippen molar-refractivity contribution < 1.29 is 9.47 Å². The lowest BCUT2D eigenvalue weighted by atomic mass is 10.1. The van der Waals surface area contributed by atoms with Gasteiger partial charge in [-0.05, 0) is 19.1 Å². The van der Waals surface area contributed by atoms with Crippen molar-refractivity contribution in [1.29, 1.82) is 0 Å². The molecule has 3 nitrogen and oxygen atoms in total. The van der Waals surface area contributed by atoms with Gasteiger partial charge in [-0.15, -0.1) is 6.58 Å². The Hall–Kier alpha value is -1.32. The number of hydrogen-bond donors (Lipinski definition) is 1. The minimum atomic E-state index is -0.485. The fourth-order valence-electron chi connectivity index (χ4n) is 2.02. The summed E-state index contributed by atoms with van der Waals surface area (Å²) in [5.74, 6) is -0.485. The topological polar surface area (TPSA) is 30.5 Å². The van der Waals surface area contributed by atoms with Crippen LogP contribution in [-0.4, -0.2) is 25.0 Å². The number of rotatable bonds is 5. The Morgan fingerprint density at radius 1 is 1.35 bits per heavy atom. The summed E-state index contributed by atoms with van der Waals surface area (Å²) in [5.41, 5.74) is 1.08. The molecule has 17 heavy (non-hydrogen) atoms. The minimum absolute atomic E-state index is 0.139. The van der Waals surface area contributed by atoms with Gasteiger partial charge in [-0.25, -0.2) is 0 Å². The molecule has 2 rings (SSSR count). The predicted molar refractivity (Wildman–Crippen MR) is 69.0 cm³/mol. The molecule has 1 aliphatic rings. The van der Waals surface area contributed by atoms with Crippen LogP contribution in [0.4, 0.5) is 5.69 Å². The number of para-hydroxylation sites is 1. The van der Waals surface area contributed by atoms with Gasteiger partial charge in [0.25, 0.3) is 0 Å². The number of anilines is 1. The standard InChI is InChI=1S/C14H19NO2/c1-3-12(11-14(2)16-9-10-17-14)15-13-7-5-4-6-8-13/h3-8,12,15H,1,9-11H2,2H3. The SMILES string of the molecule is C=CC(CC1(C)OCCO1)Nc1ccccc1. The highest BCUT2D eigenvalue weighted by atomic mass is 16.7. The van der Waals surface area contributed by atoms with Gasteiger partial charge < -0.3 is 14.8 Å². The third-order valence-electron chi connectivity index (χ3n) is 2.90. The second-order valence-corrected chi connectivity index (χ2v) is 4.39. The molecule has 1 fully saturated rings. The highest BCUT2D eigenvalue weighted by Crippen LogP contribution is 2.25. The van der Waals surface area contributed by atoms with Gasteiger partial charge in [0.15, 0.2) is 5.79 Å². The van der Waals surface area contributed by atoms with Crippen LogP contribution in [0.15, 0.2) is 43.0 Å². The Morgan fingerprint density at radius 3 is 2.59 bits per heavy atom. The van der Waals surface area contributed by atoms with Gasteiger partial charge in [-0.1, -0.05) is 24.3 Å². The molecule has 0 bridgehead atoms. The van der Waals surface area contributed by atoms with Crippen LogP contribution in [0.25, 0.3) is 0 Å². The molecule has 0 amide bonds. The van der Waals surface area contributed by atoms with Crippen LogP contribution in [0.2, 0.25) is 0 Å². The second-order valence-electron chi connectivity index (χ2n) is 4.39. The van der Waals surface area contributed by atoms with Crippen LogP contribution in [0.5, 0.6) is 0 Å². The highest BCUT2D eigenvalue weighted by molar-refractivity contribution is 5.44. The van der Waals surface area contributed by atoms with Crippen LogP contribution in [-0.2, 0) is 9.47 Å². The minimum Gasteiger partial charge on any atom is -0.379 e. The van der Waals surface area contributed by atoms with E-state index in [0.717, 1.165) is 12.1 Å². The molecular formula is C14H19NO2. The van der Waals surface area contributed by atoms with Crippen molar-refractivity contribution in [3.05, 3.63) is 43.0 Å². The van der Waals surface area contributed by atoms with Crippen LogP contribution in [0.1, 0.15) is 13.3 Å². The first-order chi connectivity index (χ1) is 8.22. The van der Waals surface area contributed by atoms with E-state index >= 15 is 0 Å². The Kier molecular flexibility index (Phi) is 3.82. The van der Waals surface area contributed by atoms with E-state index in [2.05, 4.69) is 11.9 Å². The molecule has 1 heterocycles. The van der Waals surface area contributed by atoms with E-state index in [1.807, 2.05) is 43.3 Å². The molecule has 1 aromatic rings. The quantitative estimate of drug-likeness (QED) is 0.793. The Balaban J connectivity index is 1.95. The monoisotopic (exact) mass is 233 g/mol. The average molecular weight is 233 g/mol. The van der Waals surface area contributed by atoms with Gasteiger partial charge >= 0.3 is 0 Å². The summed E-state index contributed by atoms with van der Waals surface area (Å²) >= 11 is 0. The normalized spacial score (nSPS) is 19.8. The number of nitrogens with one attached hydrogen (secondary N) is 1. The first-order valence-electron chi connectivity index (χ1n) is 5.94. The summed E-state index contributed by atoms with van der Waals surface area (Å²) in [6, 6.07) is 10.2. The first kappa shape index (κ1) is 12.1. The lowest BCUT2D eigenvalue weighted by Crippen LogP contribution is -2.33. The van der Waals surface area contributed by atoms with E-state index in [-0.39, 0.29) is 6.04 Å². The van der Waals surface area contributed by atoms with E-state index in [9.17, 15) is 0 Å². The Bertz CT molecular complexity index is 358. The molecule has 1 saturated heterocycles. The lowest BCUT2D eigenvalue weighted by Gasteiger charge is -2.27. The maximum atomic E-state index is 5.60. The van der Waals surface area contributed by atoms with Gasteiger partial charge in [0.1, 0.15) is 0 Å². The van der Waals surface area contributed by atoms with Crippen molar-refractivity contribution >= 4 is 5.69 Å². The maximum absolute atomic E-state index is 5.60. The van der Waals surface area contributed by atoms with Gasteiger partial charge in [0.2, 0.25) is 0 Å². The smallest absolute Gasteiger partial charge is 0.168 e. The molecule has 0 saturated carbocycles. The highest BCUT2D eigenvalue weighted by Gasteiger charge is 2.33. The third kappa shape index (κ3) is 3.32. The fourth-order valence-corrected chi connectivity index (χ4v) is 2.02. The number of ether oxygens (including phenoxy) is 2. The van der Waals surface area contributed by atoms with Crippen LogP contribution in [0.3, 0.4) is 0 Å². The first-order valence-corrected chi connectivity index (χ1v) is 5.94.